The molecule has 0 radical (unpaired) electrons. The summed E-state index contributed by atoms with van der Waals surface area (Å²) in [4.78, 5) is 22.4. The monoisotopic (exact) mass is 464 g/mol. The molecule has 0 aliphatic heterocycles. The predicted octanol–water partition coefficient (Wildman–Crippen LogP) is 4.84. The van der Waals surface area contributed by atoms with Crippen LogP contribution in [-0.4, -0.2) is 48.4 Å². The molecule has 0 spiro atoms. The molecule has 0 saturated heterocycles. The summed E-state index contributed by atoms with van der Waals surface area (Å²) >= 11 is 5.64. The number of methoxy groups -OCH3 is 1. The van der Waals surface area contributed by atoms with Crippen LogP contribution in [0.4, 0.5) is 24.7 Å². The number of hydrogen-bond donors (Lipinski definition) is 1. The van der Waals surface area contributed by atoms with Gasteiger partial charge in [-0.2, -0.15) is 0 Å². The van der Waals surface area contributed by atoms with Crippen LogP contribution in [0.5, 0.6) is 5.75 Å². The van der Waals surface area contributed by atoms with Crippen LogP contribution in [0.2, 0.25) is 5.02 Å². The number of fused-ring (bicyclic) bond motifs is 1. The lowest BCUT2D eigenvalue weighted by molar-refractivity contribution is -0.116. The number of hydrogen-bond acceptors (Lipinski definition) is 6. The number of allylic oxidation sites excluding steroid dienone is 1. The number of Topliss-reactive ketones (excluding diaryl/α,β-unsaturated/α-hetero) is 1. The first kappa shape index (κ1) is 23.5. The number of ether oxygens (including phenoxy) is 1. The first-order chi connectivity index (χ1) is 15.2. The van der Waals surface area contributed by atoms with Crippen molar-refractivity contribution in [2.45, 2.75) is 6.42 Å². The fourth-order valence-electron chi connectivity index (χ4n) is 2.94. The number of anilines is 2. The second-order valence-electron chi connectivity index (χ2n) is 7.17. The maximum atomic E-state index is 14.3. The van der Waals surface area contributed by atoms with E-state index in [1.54, 1.807) is 31.1 Å². The molecule has 1 aromatic heterocycles. The summed E-state index contributed by atoms with van der Waals surface area (Å²) in [5, 5.41) is 2.54. The highest BCUT2D eigenvalue weighted by molar-refractivity contribution is 6.31. The number of nitrogens with zero attached hydrogens (tertiary/aromatic N) is 3. The Labute approximate surface area is 187 Å². The lowest BCUT2D eigenvalue weighted by atomic mass is 10.0. The van der Waals surface area contributed by atoms with Gasteiger partial charge in [0.2, 0.25) is 0 Å². The Bertz CT molecular complexity index is 1200. The third kappa shape index (κ3) is 5.17. The van der Waals surface area contributed by atoms with Crippen LogP contribution < -0.4 is 10.1 Å². The third-order valence-corrected chi connectivity index (χ3v) is 4.93. The summed E-state index contributed by atoms with van der Waals surface area (Å²) in [6.45, 7) is 0.278. The number of nitrogens with one attached hydrogen (secondary N) is 1. The molecule has 6 nitrogen and oxygen atoms in total. The largest absolute Gasteiger partial charge is 0.496 e. The maximum Gasteiger partial charge on any atom is 0.195 e. The molecule has 0 aliphatic carbocycles. The van der Waals surface area contributed by atoms with Gasteiger partial charge in [-0.15, -0.1) is 0 Å². The van der Waals surface area contributed by atoms with Gasteiger partial charge in [-0.25, -0.2) is 23.1 Å². The molecule has 1 heterocycles. The molecule has 1 N–H and O–H groups in total. The van der Waals surface area contributed by atoms with E-state index in [1.807, 2.05) is 0 Å². The standard InChI is InChI=1S/C22H20ClF3N4O2/c1-30(2)7-6-14(24)18(31)9-12-8-13-17(10-19(12)32-3)27-11-28-22(13)29-16-5-4-15(25)20(23)21(16)26/h4-6,8,10-11H,7,9H2,1-3H3,(H,27,28,29). The summed E-state index contributed by atoms with van der Waals surface area (Å²) in [7, 11) is 4.93. The number of aromatic nitrogens is 2. The summed E-state index contributed by atoms with van der Waals surface area (Å²) in [5.74, 6) is -2.91. The van der Waals surface area contributed by atoms with Crippen molar-refractivity contribution in [2.75, 3.05) is 33.1 Å². The lowest BCUT2D eigenvalue weighted by Gasteiger charge is -2.13. The number of rotatable bonds is 8. The van der Waals surface area contributed by atoms with Crippen LogP contribution in [0.1, 0.15) is 5.56 Å². The van der Waals surface area contributed by atoms with E-state index in [0.717, 1.165) is 6.07 Å². The minimum absolute atomic E-state index is 0.0949. The normalized spacial score (nSPS) is 11.8. The Kier molecular flexibility index (Phi) is 7.32. The molecule has 2 aromatic carbocycles. The van der Waals surface area contributed by atoms with Gasteiger partial charge in [0.15, 0.2) is 17.4 Å². The van der Waals surface area contributed by atoms with Crippen molar-refractivity contribution >= 4 is 39.8 Å². The number of likely N-dealkylation sites (N-methyl/N-ethyl adjacent to an activating group) is 1. The number of carbonyl (C=O) groups excluding carboxylic acids is 1. The van der Waals surface area contributed by atoms with Crippen molar-refractivity contribution in [2.24, 2.45) is 0 Å². The van der Waals surface area contributed by atoms with Crippen LogP contribution in [0.3, 0.4) is 0 Å². The molecule has 0 aliphatic rings. The van der Waals surface area contributed by atoms with Crippen molar-refractivity contribution in [3.05, 3.63) is 64.7 Å². The topological polar surface area (TPSA) is 67.4 Å². The summed E-state index contributed by atoms with van der Waals surface area (Å²) < 4.78 is 47.3. The highest BCUT2D eigenvalue weighted by Gasteiger charge is 2.18. The van der Waals surface area contributed by atoms with Gasteiger partial charge in [-0.1, -0.05) is 11.6 Å². The molecule has 0 saturated carbocycles. The molecule has 0 bridgehead atoms. The number of halogens is 4. The number of ketones is 1. The van der Waals surface area contributed by atoms with Crippen molar-refractivity contribution in [3.63, 3.8) is 0 Å². The zero-order valence-corrected chi connectivity index (χ0v) is 18.3. The quantitative estimate of drug-likeness (QED) is 0.380. The zero-order chi connectivity index (χ0) is 23.4. The maximum absolute atomic E-state index is 14.3. The van der Waals surface area contributed by atoms with Gasteiger partial charge in [-0.3, -0.25) is 4.79 Å². The van der Waals surface area contributed by atoms with Crippen LogP contribution in [0, 0.1) is 11.6 Å². The fourth-order valence-corrected chi connectivity index (χ4v) is 3.11. The van der Waals surface area contributed by atoms with E-state index in [1.165, 1.54) is 25.6 Å². The Hall–Kier alpha value is -3.17. The average molecular weight is 465 g/mol. The van der Waals surface area contributed by atoms with Gasteiger partial charge in [0.1, 0.15) is 28.7 Å². The van der Waals surface area contributed by atoms with E-state index in [4.69, 9.17) is 16.3 Å². The van der Waals surface area contributed by atoms with Gasteiger partial charge in [0.25, 0.3) is 0 Å². The van der Waals surface area contributed by atoms with Gasteiger partial charge in [0, 0.05) is 30.0 Å². The van der Waals surface area contributed by atoms with E-state index >= 15 is 0 Å². The molecule has 32 heavy (non-hydrogen) atoms. The van der Waals surface area contributed by atoms with Gasteiger partial charge >= 0.3 is 0 Å². The summed E-state index contributed by atoms with van der Waals surface area (Å²) in [5.41, 5.74) is 0.740. The molecule has 3 aromatic rings. The number of carbonyl (C=O) groups is 1. The second kappa shape index (κ2) is 9.97. The van der Waals surface area contributed by atoms with Crippen molar-refractivity contribution < 1.29 is 22.7 Å². The van der Waals surface area contributed by atoms with Crippen LogP contribution in [-0.2, 0) is 11.2 Å². The summed E-state index contributed by atoms with van der Waals surface area (Å²) in [6, 6.07) is 5.34. The molecule has 0 unspecified atom stereocenters. The van der Waals surface area contributed by atoms with E-state index in [9.17, 15) is 18.0 Å². The Balaban J connectivity index is 2.00. The minimum Gasteiger partial charge on any atom is -0.496 e. The molecule has 0 amide bonds. The molecular formula is C22H20ClF3N4O2. The molecular weight excluding hydrogens is 445 g/mol. The highest BCUT2D eigenvalue weighted by atomic mass is 35.5. The van der Waals surface area contributed by atoms with Crippen molar-refractivity contribution in [3.8, 4) is 5.75 Å². The zero-order valence-electron chi connectivity index (χ0n) is 17.5. The van der Waals surface area contributed by atoms with E-state index in [-0.39, 0.29) is 24.5 Å². The van der Waals surface area contributed by atoms with E-state index < -0.39 is 28.3 Å². The van der Waals surface area contributed by atoms with Crippen LogP contribution in [0.15, 0.2) is 42.5 Å². The second-order valence-corrected chi connectivity index (χ2v) is 7.54. The molecule has 3 rings (SSSR count). The SMILES string of the molecule is COc1cc2ncnc(Nc3ccc(F)c(Cl)c3F)c2cc1CC(=O)C(F)=CCN(C)C. The Morgan fingerprint density at radius 1 is 1.25 bits per heavy atom. The molecule has 0 fully saturated rings. The first-order valence-corrected chi connectivity index (χ1v) is 9.84. The van der Waals surface area contributed by atoms with Gasteiger partial charge < -0.3 is 15.0 Å². The molecule has 10 heteroatoms. The van der Waals surface area contributed by atoms with Crippen molar-refractivity contribution in [1.82, 2.24) is 14.9 Å². The predicted molar refractivity (Wildman–Crippen MR) is 117 cm³/mol. The van der Waals surface area contributed by atoms with E-state index in [2.05, 4.69) is 15.3 Å². The number of benzene rings is 2. The first-order valence-electron chi connectivity index (χ1n) is 9.47. The molecule has 0 atom stereocenters. The lowest BCUT2D eigenvalue weighted by Crippen LogP contribution is -2.13. The minimum atomic E-state index is -0.976. The van der Waals surface area contributed by atoms with Crippen molar-refractivity contribution in [1.29, 1.82) is 0 Å². The summed E-state index contributed by atoms with van der Waals surface area (Å²) in [6.07, 6.45) is 2.19. The Morgan fingerprint density at radius 2 is 2.00 bits per heavy atom. The average Bonchev–Trinajstić information content (AvgIpc) is 2.77. The van der Waals surface area contributed by atoms with Gasteiger partial charge in [-0.05, 0) is 38.4 Å². The fraction of sp³-hybridized carbons (Fsp3) is 0.227. The third-order valence-electron chi connectivity index (χ3n) is 4.58. The van der Waals surface area contributed by atoms with E-state index in [0.29, 0.717) is 22.2 Å². The molecule has 168 valence electrons. The van der Waals surface area contributed by atoms with Crippen LogP contribution in [0.25, 0.3) is 10.9 Å². The highest BCUT2D eigenvalue weighted by Crippen LogP contribution is 2.32. The van der Waals surface area contributed by atoms with Gasteiger partial charge in [0.05, 0.1) is 18.3 Å². The van der Waals surface area contributed by atoms with Crippen LogP contribution >= 0.6 is 11.6 Å². The smallest absolute Gasteiger partial charge is 0.195 e. The Morgan fingerprint density at radius 3 is 2.69 bits per heavy atom.